The van der Waals surface area contributed by atoms with Gasteiger partial charge in [-0.1, -0.05) is 0 Å². The number of benzene rings is 1. The Morgan fingerprint density at radius 2 is 1.97 bits per heavy atom. The minimum absolute atomic E-state index is 0.0909. The third-order valence-corrected chi connectivity index (χ3v) is 5.41. The number of hydrogen-bond acceptors (Lipinski definition) is 6. The molecule has 4 rings (SSSR count). The van der Waals surface area contributed by atoms with Crippen molar-refractivity contribution < 1.29 is 18.7 Å². The van der Waals surface area contributed by atoms with Gasteiger partial charge in [-0.3, -0.25) is 14.4 Å². The number of esters is 1. The third kappa shape index (κ3) is 3.89. The van der Waals surface area contributed by atoms with Gasteiger partial charge in [0.25, 0.3) is 0 Å². The summed E-state index contributed by atoms with van der Waals surface area (Å²) in [4.78, 5) is 39.2. The predicted molar refractivity (Wildman–Crippen MR) is 107 cm³/mol. The Labute approximate surface area is 167 Å². The first-order chi connectivity index (χ1) is 14.0. The van der Waals surface area contributed by atoms with E-state index < -0.39 is 29.4 Å². The lowest BCUT2D eigenvalue weighted by atomic mass is 10.0. The monoisotopic (exact) mass is 401 g/mol. The number of fused-ring (bicyclic) bond motifs is 1. The van der Waals surface area contributed by atoms with Gasteiger partial charge in [0.2, 0.25) is 0 Å². The van der Waals surface area contributed by atoms with Crippen molar-refractivity contribution in [3.63, 3.8) is 0 Å². The number of nitrogens with one attached hydrogen (secondary N) is 1. The summed E-state index contributed by atoms with van der Waals surface area (Å²) in [7, 11) is 0. The maximum absolute atomic E-state index is 14.9. The summed E-state index contributed by atoms with van der Waals surface area (Å²) >= 11 is 0. The maximum Gasteiger partial charge on any atom is 0.313 e. The molecule has 1 aliphatic heterocycles. The topological polar surface area (TPSA) is 80.6 Å². The van der Waals surface area contributed by atoms with Gasteiger partial charge in [-0.25, -0.2) is 4.39 Å². The molecule has 2 fully saturated rings. The second kappa shape index (κ2) is 7.94. The molecule has 2 heterocycles. The minimum atomic E-state index is -0.671. The Morgan fingerprint density at radius 1 is 1.24 bits per heavy atom. The number of piperazine rings is 1. The molecule has 1 saturated heterocycles. The normalized spacial score (nSPS) is 16.8. The van der Waals surface area contributed by atoms with Gasteiger partial charge in [-0.05, 0) is 31.9 Å². The molecule has 154 valence electrons. The van der Waals surface area contributed by atoms with Crippen LogP contribution in [0.4, 0.5) is 10.1 Å². The predicted octanol–water partition coefficient (Wildman–Crippen LogP) is 2.02. The molecule has 2 aliphatic rings. The van der Waals surface area contributed by atoms with E-state index in [2.05, 4.69) is 5.32 Å². The van der Waals surface area contributed by atoms with Gasteiger partial charge < -0.3 is 19.5 Å². The summed E-state index contributed by atoms with van der Waals surface area (Å²) in [6, 6.07) is 3.12. The molecule has 29 heavy (non-hydrogen) atoms. The fraction of sp³-hybridized carbons (Fsp3) is 0.476. The summed E-state index contributed by atoms with van der Waals surface area (Å²) < 4.78 is 21.6. The van der Waals surface area contributed by atoms with Crippen molar-refractivity contribution in [3.8, 4) is 0 Å². The van der Waals surface area contributed by atoms with E-state index in [9.17, 15) is 18.8 Å². The Balaban J connectivity index is 1.80. The highest BCUT2D eigenvalue weighted by Crippen LogP contribution is 2.38. The molecule has 2 aromatic rings. The second-order valence-corrected chi connectivity index (χ2v) is 7.47. The molecular formula is C21H24FN3O4. The van der Waals surface area contributed by atoms with Gasteiger partial charge in [0.05, 0.1) is 23.4 Å². The number of aromatic nitrogens is 1. The zero-order valence-electron chi connectivity index (χ0n) is 16.4. The fourth-order valence-electron chi connectivity index (χ4n) is 3.80. The number of carbonyl (C=O) groups excluding carboxylic acids is 2. The van der Waals surface area contributed by atoms with Crippen molar-refractivity contribution >= 4 is 28.3 Å². The number of ketones is 1. The Bertz CT molecular complexity index is 1020. The first kappa shape index (κ1) is 19.6. The van der Waals surface area contributed by atoms with Gasteiger partial charge in [0, 0.05) is 43.8 Å². The van der Waals surface area contributed by atoms with E-state index in [-0.39, 0.29) is 23.6 Å². The molecule has 0 spiro atoms. The van der Waals surface area contributed by atoms with Crippen LogP contribution in [0.1, 0.15) is 42.6 Å². The van der Waals surface area contributed by atoms with E-state index >= 15 is 0 Å². The fourth-order valence-corrected chi connectivity index (χ4v) is 3.80. The van der Waals surface area contributed by atoms with Crippen LogP contribution in [0.3, 0.4) is 0 Å². The summed E-state index contributed by atoms with van der Waals surface area (Å²) in [5, 5.41) is 3.41. The van der Waals surface area contributed by atoms with E-state index in [0.29, 0.717) is 24.3 Å². The molecule has 0 unspecified atom stereocenters. The van der Waals surface area contributed by atoms with Crippen LogP contribution in [0.25, 0.3) is 10.9 Å². The molecule has 1 aliphatic carbocycles. The lowest BCUT2D eigenvalue weighted by Crippen LogP contribution is -2.43. The number of halogens is 1. The van der Waals surface area contributed by atoms with Crippen LogP contribution in [0.5, 0.6) is 0 Å². The van der Waals surface area contributed by atoms with Gasteiger partial charge >= 0.3 is 5.97 Å². The van der Waals surface area contributed by atoms with Crippen molar-refractivity contribution in [2.24, 2.45) is 0 Å². The molecule has 0 bridgehead atoms. The molecule has 1 aromatic carbocycles. The molecular weight excluding hydrogens is 377 g/mol. The lowest BCUT2D eigenvalue weighted by molar-refractivity contribution is -0.141. The Kier molecular flexibility index (Phi) is 5.36. The molecule has 0 amide bonds. The summed E-state index contributed by atoms with van der Waals surface area (Å²) in [5.74, 6) is -1.75. The van der Waals surface area contributed by atoms with Crippen molar-refractivity contribution in [1.29, 1.82) is 0 Å². The van der Waals surface area contributed by atoms with Crippen molar-refractivity contribution in [1.82, 2.24) is 9.88 Å². The first-order valence-electron chi connectivity index (χ1n) is 10.0. The number of carbonyl (C=O) groups is 2. The van der Waals surface area contributed by atoms with Crippen LogP contribution >= 0.6 is 0 Å². The molecule has 0 radical (unpaired) electrons. The first-order valence-corrected chi connectivity index (χ1v) is 10.0. The van der Waals surface area contributed by atoms with E-state index in [4.69, 9.17) is 4.74 Å². The molecule has 1 aromatic heterocycles. The van der Waals surface area contributed by atoms with E-state index in [1.165, 1.54) is 12.3 Å². The highest BCUT2D eigenvalue weighted by atomic mass is 19.1. The molecule has 8 heteroatoms. The van der Waals surface area contributed by atoms with Gasteiger partial charge in [0.1, 0.15) is 12.2 Å². The van der Waals surface area contributed by atoms with Crippen LogP contribution in [0.2, 0.25) is 0 Å². The van der Waals surface area contributed by atoms with Crippen molar-refractivity contribution in [2.45, 2.75) is 32.2 Å². The number of pyridine rings is 1. The van der Waals surface area contributed by atoms with Gasteiger partial charge in [-0.2, -0.15) is 0 Å². The number of nitrogens with zero attached hydrogens (tertiary/aromatic N) is 2. The summed E-state index contributed by atoms with van der Waals surface area (Å²) in [6.45, 7) is 4.73. The molecule has 7 nitrogen and oxygen atoms in total. The largest absolute Gasteiger partial charge is 0.466 e. The number of ether oxygens (including phenoxy) is 1. The van der Waals surface area contributed by atoms with Crippen molar-refractivity contribution in [2.75, 3.05) is 37.7 Å². The molecule has 1 saturated carbocycles. The van der Waals surface area contributed by atoms with Crippen molar-refractivity contribution in [3.05, 3.63) is 39.9 Å². The number of hydrogen-bond donors (Lipinski definition) is 1. The van der Waals surface area contributed by atoms with E-state index in [1.807, 2.05) is 9.47 Å². The SMILES string of the molecule is CCOC(=O)CC(=O)c1cn(C2CC2)c2cc(N3CCNCC3)c(F)cc2c1=O. The smallest absolute Gasteiger partial charge is 0.313 e. The number of anilines is 1. The van der Waals surface area contributed by atoms with E-state index in [1.54, 1.807) is 13.0 Å². The Morgan fingerprint density at radius 3 is 2.62 bits per heavy atom. The summed E-state index contributed by atoms with van der Waals surface area (Å²) in [5.41, 5.74) is 0.460. The van der Waals surface area contributed by atoms with Crippen LogP contribution in [0.15, 0.2) is 23.1 Å². The number of rotatable bonds is 6. The quantitative estimate of drug-likeness (QED) is 0.453. The van der Waals surface area contributed by atoms with Gasteiger partial charge in [0.15, 0.2) is 11.2 Å². The average Bonchev–Trinajstić information content (AvgIpc) is 3.54. The summed E-state index contributed by atoms with van der Waals surface area (Å²) in [6.07, 6.45) is 2.90. The lowest BCUT2D eigenvalue weighted by Gasteiger charge is -2.30. The average molecular weight is 401 g/mol. The van der Waals surface area contributed by atoms with Crippen LogP contribution in [0, 0.1) is 5.82 Å². The standard InChI is InChI=1S/C21H24FN3O4/c1-2-29-20(27)11-19(26)15-12-25(13-3-4-13)17-10-18(24-7-5-23-6-8-24)16(22)9-14(17)21(15)28/h9-10,12-13,23H,2-8,11H2,1H3. The maximum atomic E-state index is 14.9. The highest BCUT2D eigenvalue weighted by Gasteiger charge is 2.28. The molecule has 0 atom stereocenters. The zero-order chi connectivity index (χ0) is 20.5. The van der Waals surface area contributed by atoms with Crippen LogP contribution in [-0.2, 0) is 9.53 Å². The van der Waals surface area contributed by atoms with Crippen LogP contribution < -0.4 is 15.6 Å². The van der Waals surface area contributed by atoms with Crippen LogP contribution in [-0.4, -0.2) is 49.1 Å². The van der Waals surface area contributed by atoms with Gasteiger partial charge in [-0.15, -0.1) is 0 Å². The highest BCUT2D eigenvalue weighted by molar-refractivity contribution is 6.07. The Hall–Kier alpha value is -2.74. The third-order valence-electron chi connectivity index (χ3n) is 5.41. The number of Topliss-reactive ketones (excluding diaryl/α,β-unsaturated/α-hetero) is 1. The minimum Gasteiger partial charge on any atom is -0.466 e. The van der Waals surface area contributed by atoms with E-state index in [0.717, 1.165) is 25.9 Å². The molecule has 1 N–H and O–H groups in total. The second-order valence-electron chi connectivity index (χ2n) is 7.47. The zero-order valence-corrected chi connectivity index (χ0v) is 16.4.